The van der Waals surface area contributed by atoms with Gasteiger partial charge in [0.1, 0.15) is 6.61 Å². The number of pyridine rings is 1. The van der Waals surface area contributed by atoms with E-state index in [1.54, 1.807) is 15.5 Å². The van der Waals surface area contributed by atoms with Crippen LogP contribution < -0.4 is 10.9 Å². The van der Waals surface area contributed by atoms with Crippen molar-refractivity contribution in [3.05, 3.63) is 148 Å². The van der Waals surface area contributed by atoms with Crippen molar-refractivity contribution in [1.29, 1.82) is 0 Å². The molecule has 0 unspecified atom stereocenters. The SMILES string of the molecule is CC[C@H](NC(=O)c1c(CN2CCN(C(=O)OCc3ccccc3)CC2)n(-c2ccccc2)c(=O)c2ccccc12)c1ccccc1. The minimum absolute atomic E-state index is 0.174. The molecule has 2 heterocycles. The van der Waals surface area contributed by atoms with Crippen molar-refractivity contribution in [1.82, 2.24) is 19.7 Å². The van der Waals surface area contributed by atoms with E-state index in [0.717, 1.165) is 11.1 Å². The van der Waals surface area contributed by atoms with Crippen LogP contribution in [-0.4, -0.2) is 52.5 Å². The highest BCUT2D eigenvalue weighted by molar-refractivity contribution is 6.08. The zero-order chi connectivity index (χ0) is 31.9. The number of amides is 2. The smallest absolute Gasteiger partial charge is 0.410 e. The zero-order valence-corrected chi connectivity index (χ0v) is 26.0. The van der Waals surface area contributed by atoms with Crippen molar-refractivity contribution in [3.63, 3.8) is 0 Å². The molecule has 5 aromatic rings. The molecule has 1 fully saturated rings. The molecule has 6 rings (SSSR count). The molecule has 0 aliphatic carbocycles. The van der Waals surface area contributed by atoms with E-state index in [1.165, 1.54) is 0 Å². The summed E-state index contributed by atoms with van der Waals surface area (Å²) < 4.78 is 7.25. The minimum atomic E-state index is -0.345. The van der Waals surface area contributed by atoms with Crippen molar-refractivity contribution >= 4 is 22.8 Å². The molecule has 1 saturated heterocycles. The van der Waals surface area contributed by atoms with Crippen LogP contribution in [0.15, 0.2) is 120 Å². The molecule has 46 heavy (non-hydrogen) atoms. The molecule has 2 amide bonds. The summed E-state index contributed by atoms with van der Waals surface area (Å²) in [7, 11) is 0. The lowest BCUT2D eigenvalue weighted by atomic mass is 9.99. The predicted molar refractivity (Wildman–Crippen MR) is 180 cm³/mol. The number of carbonyl (C=O) groups excluding carboxylic acids is 2. The number of benzene rings is 4. The normalized spacial score (nSPS) is 14.2. The molecular weight excluding hydrogens is 576 g/mol. The first kappa shape index (κ1) is 30.8. The van der Waals surface area contributed by atoms with Crippen LogP contribution in [0.2, 0.25) is 0 Å². The summed E-state index contributed by atoms with van der Waals surface area (Å²) in [5.74, 6) is -0.227. The number of aromatic nitrogens is 1. The third-order valence-corrected chi connectivity index (χ3v) is 8.55. The Morgan fingerprint density at radius 1 is 0.761 bits per heavy atom. The standard InChI is InChI=1S/C38H38N4O4/c1-2-33(29-16-8-4-9-17-29)39-36(43)35-31-20-12-13-21-32(31)37(44)42(30-18-10-5-11-19-30)34(35)26-40-22-24-41(25-23-40)38(45)46-27-28-14-6-3-7-15-28/h3-21,33H,2,22-27H2,1H3,(H,39,43)/t33-/m0/s1. The predicted octanol–water partition coefficient (Wildman–Crippen LogP) is 6.33. The number of hydrogen-bond donors (Lipinski definition) is 1. The number of nitrogens with one attached hydrogen (secondary N) is 1. The molecule has 1 aliphatic heterocycles. The van der Waals surface area contributed by atoms with Crippen LogP contribution in [0.5, 0.6) is 0 Å². The van der Waals surface area contributed by atoms with Crippen LogP contribution in [-0.2, 0) is 17.9 Å². The Kier molecular flexibility index (Phi) is 9.55. The van der Waals surface area contributed by atoms with E-state index in [9.17, 15) is 14.4 Å². The number of nitrogens with zero attached hydrogens (tertiary/aromatic N) is 3. The number of hydrogen-bond acceptors (Lipinski definition) is 5. The van der Waals surface area contributed by atoms with E-state index in [4.69, 9.17) is 4.74 Å². The highest BCUT2D eigenvalue weighted by Crippen LogP contribution is 2.26. The van der Waals surface area contributed by atoms with Gasteiger partial charge in [-0.05, 0) is 35.7 Å². The first-order valence-electron chi connectivity index (χ1n) is 15.8. The van der Waals surface area contributed by atoms with Crippen molar-refractivity contribution < 1.29 is 14.3 Å². The van der Waals surface area contributed by atoms with Gasteiger partial charge in [-0.15, -0.1) is 0 Å². The molecule has 234 valence electrons. The average molecular weight is 615 g/mol. The summed E-state index contributed by atoms with van der Waals surface area (Å²) in [6, 6.07) is 36.2. The summed E-state index contributed by atoms with van der Waals surface area (Å²) >= 11 is 0. The van der Waals surface area contributed by atoms with Crippen molar-refractivity contribution in [2.75, 3.05) is 26.2 Å². The van der Waals surface area contributed by atoms with Gasteiger partial charge in [-0.25, -0.2) is 4.79 Å². The van der Waals surface area contributed by atoms with E-state index in [0.29, 0.717) is 66.9 Å². The number of fused-ring (bicyclic) bond motifs is 1. The lowest BCUT2D eigenvalue weighted by Crippen LogP contribution is -2.49. The topological polar surface area (TPSA) is 83.9 Å². The summed E-state index contributed by atoms with van der Waals surface area (Å²) in [4.78, 5) is 45.3. The van der Waals surface area contributed by atoms with Crippen molar-refractivity contribution in [2.24, 2.45) is 0 Å². The molecule has 1 aliphatic rings. The molecule has 8 nitrogen and oxygen atoms in total. The molecule has 8 heteroatoms. The molecule has 0 saturated carbocycles. The number of piperazine rings is 1. The van der Waals surface area contributed by atoms with Gasteiger partial charge in [0.15, 0.2) is 0 Å². The molecule has 0 spiro atoms. The first-order chi connectivity index (χ1) is 22.5. The fourth-order valence-electron chi connectivity index (χ4n) is 6.10. The van der Waals surface area contributed by atoms with Gasteiger partial charge in [0.2, 0.25) is 0 Å². The molecule has 1 N–H and O–H groups in total. The zero-order valence-electron chi connectivity index (χ0n) is 26.0. The molecule has 0 bridgehead atoms. The Bertz CT molecular complexity index is 1850. The maximum Gasteiger partial charge on any atom is 0.410 e. The Morgan fingerprint density at radius 3 is 2.00 bits per heavy atom. The van der Waals surface area contributed by atoms with Gasteiger partial charge in [0, 0.05) is 49.2 Å². The highest BCUT2D eigenvalue weighted by Gasteiger charge is 2.28. The number of para-hydroxylation sites is 1. The second kappa shape index (κ2) is 14.3. The minimum Gasteiger partial charge on any atom is -0.445 e. The first-order valence-corrected chi connectivity index (χ1v) is 15.8. The van der Waals surface area contributed by atoms with Gasteiger partial charge < -0.3 is 15.0 Å². The lowest BCUT2D eigenvalue weighted by Gasteiger charge is -2.35. The molecular formula is C38H38N4O4. The van der Waals surface area contributed by atoms with Gasteiger partial charge in [-0.1, -0.05) is 104 Å². The number of carbonyl (C=O) groups is 2. The Balaban J connectivity index is 1.32. The quantitative estimate of drug-likeness (QED) is 0.210. The maximum absolute atomic E-state index is 14.4. The Labute approximate surface area is 268 Å². The molecule has 0 radical (unpaired) electrons. The largest absolute Gasteiger partial charge is 0.445 e. The van der Waals surface area contributed by atoms with E-state index >= 15 is 0 Å². The van der Waals surface area contributed by atoms with Gasteiger partial charge in [-0.3, -0.25) is 19.1 Å². The van der Waals surface area contributed by atoms with E-state index in [1.807, 2.05) is 116 Å². The summed E-state index contributed by atoms with van der Waals surface area (Å²) in [5.41, 5.74) is 3.59. The highest BCUT2D eigenvalue weighted by atomic mass is 16.6. The third-order valence-electron chi connectivity index (χ3n) is 8.55. The van der Waals surface area contributed by atoms with Crippen molar-refractivity contribution in [3.8, 4) is 5.69 Å². The van der Waals surface area contributed by atoms with Crippen LogP contribution >= 0.6 is 0 Å². The fraction of sp³-hybridized carbons (Fsp3) is 0.237. The second-order valence-electron chi connectivity index (χ2n) is 11.5. The van der Waals surface area contributed by atoms with Crippen LogP contribution in [0.1, 0.15) is 46.6 Å². The lowest BCUT2D eigenvalue weighted by molar-refractivity contribution is 0.0695. The van der Waals surface area contributed by atoms with Crippen LogP contribution in [0.25, 0.3) is 16.5 Å². The van der Waals surface area contributed by atoms with E-state index in [2.05, 4.69) is 10.2 Å². The maximum atomic E-state index is 14.4. The molecule has 1 aromatic heterocycles. The summed E-state index contributed by atoms with van der Waals surface area (Å²) in [6.45, 7) is 4.71. The number of rotatable bonds is 9. The average Bonchev–Trinajstić information content (AvgIpc) is 3.11. The molecule has 4 aromatic carbocycles. The number of ether oxygens (including phenoxy) is 1. The third kappa shape index (κ3) is 6.72. The van der Waals surface area contributed by atoms with Gasteiger partial charge in [-0.2, -0.15) is 0 Å². The van der Waals surface area contributed by atoms with Crippen LogP contribution in [0.4, 0.5) is 4.79 Å². The summed E-state index contributed by atoms with van der Waals surface area (Å²) in [5, 5.41) is 4.38. The second-order valence-corrected chi connectivity index (χ2v) is 11.5. The summed E-state index contributed by atoms with van der Waals surface area (Å²) in [6.07, 6.45) is 0.367. The van der Waals surface area contributed by atoms with E-state index in [-0.39, 0.29) is 30.2 Å². The Morgan fingerprint density at radius 2 is 1.35 bits per heavy atom. The van der Waals surface area contributed by atoms with E-state index < -0.39 is 0 Å². The van der Waals surface area contributed by atoms with Crippen molar-refractivity contribution in [2.45, 2.75) is 32.5 Å². The van der Waals surface area contributed by atoms with Gasteiger partial charge in [0.25, 0.3) is 11.5 Å². The van der Waals surface area contributed by atoms with Gasteiger partial charge >= 0.3 is 6.09 Å². The van der Waals surface area contributed by atoms with Crippen LogP contribution in [0, 0.1) is 0 Å². The van der Waals surface area contributed by atoms with Gasteiger partial charge in [0.05, 0.1) is 17.3 Å². The van der Waals surface area contributed by atoms with Crippen LogP contribution in [0.3, 0.4) is 0 Å². The fourth-order valence-corrected chi connectivity index (χ4v) is 6.10. The Hall–Kier alpha value is -5.21. The monoisotopic (exact) mass is 614 g/mol. The molecule has 1 atom stereocenters.